The van der Waals surface area contributed by atoms with Gasteiger partial charge in [0.25, 0.3) is 0 Å². The number of rotatable bonds is 2. The molecule has 6 heteroatoms. The van der Waals surface area contributed by atoms with E-state index in [2.05, 4.69) is 0 Å². The number of halogens is 3. The molecule has 0 spiro atoms. The lowest BCUT2D eigenvalue weighted by Gasteiger charge is -2.18. The molecule has 0 saturated heterocycles. The molecule has 0 bridgehead atoms. The second-order valence-electron chi connectivity index (χ2n) is 4.82. The maximum Gasteiger partial charge on any atom is 0.163 e. The number of hydrogen-bond donors (Lipinski definition) is 3. The first-order chi connectivity index (χ1) is 9.73. The number of aromatic hydroxyl groups is 3. The zero-order valence-electron chi connectivity index (χ0n) is 11.3. The van der Waals surface area contributed by atoms with Crippen molar-refractivity contribution in [2.24, 2.45) is 0 Å². The van der Waals surface area contributed by atoms with Gasteiger partial charge in [0.15, 0.2) is 11.5 Å². The van der Waals surface area contributed by atoms with Crippen molar-refractivity contribution in [3.63, 3.8) is 0 Å². The third-order valence-electron chi connectivity index (χ3n) is 3.48. The standard InChI is InChI=1S/C15H13Cl2FO3/c1-6(9-3-8(16)4-11(17)14(9)20)10-5-12(18)7(2)13(19)15(10)21/h3-6,19-21H,1-2H3. The lowest BCUT2D eigenvalue weighted by molar-refractivity contribution is 0.389. The third-order valence-corrected chi connectivity index (χ3v) is 3.99. The molecule has 3 N–H and O–H groups in total. The third kappa shape index (κ3) is 2.74. The summed E-state index contributed by atoms with van der Waals surface area (Å²) >= 11 is 11.8. The number of phenolic OH excluding ortho intramolecular Hbond substituents is 3. The Hall–Kier alpha value is -1.65. The van der Waals surface area contributed by atoms with Gasteiger partial charge in [0.05, 0.1) is 5.02 Å². The molecule has 1 atom stereocenters. The van der Waals surface area contributed by atoms with E-state index in [0.29, 0.717) is 10.6 Å². The van der Waals surface area contributed by atoms with Crippen LogP contribution in [0, 0.1) is 12.7 Å². The largest absolute Gasteiger partial charge is 0.506 e. The first-order valence-corrected chi connectivity index (χ1v) is 6.88. The quantitative estimate of drug-likeness (QED) is 0.699. The highest BCUT2D eigenvalue weighted by molar-refractivity contribution is 6.35. The zero-order chi connectivity index (χ0) is 15.9. The molecule has 2 aromatic carbocycles. The molecule has 2 rings (SSSR count). The van der Waals surface area contributed by atoms with E-state index in [-0.39, 0.29) is 21.9 Å². The molecule has 0 aromatic heterocycles. The summed E-state index contributed by atoms with van der Waals surface area (Å²) in [4.78, 5) is 0. The molecule has 0 aliphatic heterocycles. The normalized spacial score (nSPS) is 12.4. The van der Waals surface area contributed by atoms with Crippen molar-refractivity contribution in [3.8, 4) is 17.2 Å². The van der Waals surface area contributed by atoms with Gasteiger partial charge >= 0.3 is 0 Å². The summed E-state index contributed by atoms with van der Waals surface area (Å²) in [6, 6.07) is 3.96. The fraction of sp³-hybridized carbons (Fsp3) is 0.200. The van der Waals surface area contributed by atoms with Crippen molar-refractivity contribution in [2.45, 2.75) is 19.8 Å². The van der Waals surface area contributed by atoms with Gasteiger partial charge in [-0.1, -0.05) is 30.1 Å². The van der Waals surface area contributed by atoms with E-state index in [0.717, 1.165) is 6.07 Å². The minimum atomic E-state index is -0.653. The highest BCUT2D eigenvalue weighted by atomic mass is 35.5. The van der Waals surface area contributed by atoms with Crippen molar-refractivity contribution < 1.29 is 19.7 Å². The van der Waals surface area contributed by atoms with Gasteiger partial charge in [0.2, 0.25) is 0 Å². The molecule has 0 saturated carbocycles. The molecule has 0 aliphatic carbocycles. The van der Waals surface area contributed by atoms with Crippen molar-refractivity contribution in [3.05, 3.63) is 50.8 Å². The molecule has 0 heterocycles. The van der Waals surface area contributed by atoms with Crippen LogP contribution in [-0.2, 0) is 0 Å². The van der Waals surface area contributed by atoms with Crippen LogP contribution in [0.5, 0.6) is 17.2 Å². The molecular formula is C15H13Cl2FO3. The van der Waals surface area contributed by atoms with Gasteiger partial charge in [-0.15, -0.1) is 0 Å². The van der Waals surface area contributed by atoms with Crippen LogP contribution in [0.3, 0.4) is 0 Å². The Morgan fingerprint density at radius 1 is 0.952 bits per heavy atom. The fourth-order valence-corrected chi connectivity index (χ4v) is 2.66. The van der Waals surface area contributed by atoms with Gasteiger partial charge in [-0.25, -0.2) is 4.39 Å². The Kier molecular flexibility index (Phi) is 4.21. The molecule has 0 radical (unpaired) electrons. The van der Waals surface area contributed by atoms with Crippen LogP contribution in [0.2, 0.25) is 10.0 Å². The number of phenols is 3. The Morgan fingerprint density at radius 2 is 1.52 bits per heavy atom. The van der Waals surface area contributed by atoms with E-state index in [1.165, 1.54) is 19.1 Å². The summed E-state index contributed by atoms with van der Waals surface area (Å²) in [6.45, 7) is 2.98. The maximum atomic E-state index is 13.8. The fourth-order valence-electron chi connectivity index (χ4n) is 2.15. The maximum absolute atomic E-state index is 13.8. The SMILES string of the molecule is Cc1c(F)cc(C(C)c2cc(Cl)cc(Cl)c2O)c(O)c1O. The van der Waals surface area contributed by atoms with E-state index in [4.69, 9.17) is 23.2 Å². The average molecular weight is 331 g/mol. The average Bonchev–Trinajstić information content (AvgIpc) is 2.43. The van der Waals surface area contributed by atoms with Gasteiger partial charge in [0.1, 0.15) is 11.6 Å². The first kappa shape index (κ1) is 15.7. The van der Waals surface area contributed by atoms with Gasteiger partial charge < -0.3 is 15.3 Å². The van der Waals surface area contributed by atoms with Crippen LogP contribution < -0.4 is 0 Å². The summed E-state index contributed by atoms with van der Waals surface area (Å²) < 4.78 is 13.8. The highest BCUT2D eigenvalue weighted by Crippen LogP contribution is 2.44. The number of benzene rings is 2. The Bertz CT molecular complexity index is 717. The minimum absolute atomic E-state index is 0.0446. The van der Waals surface area contributed by atoms with E-state index in [1.807, 2.05) is 0 Å². The second kappa shape index (κ2) is 5.62. The summed E-state index contributed by atoms with van der Waals surface area (Å²) in [5, 5.41) is 30.1. The van der Waals surface area contributed by atoms with E-state index >= 15 is 0 Å². The van der Waals surface area contributed by atoms with Gasteiger partial charge in [-0.05, 0) is 25.1 Å². The molecule has 0 fully saturated rings. The summed E-state index contributed by atoms with van der Waals surface area (Å²) in [7, 11) is 0. The minimum Gasteiger partial charge on any atom is -0.506 e. The van der Waals surface area contributed by atoms with Crippen LogP contribution in [-0.4, -0.2) is 15.3 Å². The van der Waals surface area contributed by atoms with Crippen LogP contribution in [0.15, 0.2) is 18.2 Å². The number of hydrogen-bond acceptors (Lipinski definition) is 3. The summed E-state index contributed by atoms with van der Waals surface area (Å²) in [6.07, 6.45) is 0. The van der Waals surface area contributed by atoms with E-state index < -0.39 is 23.2 Å². The van der Waals surface area contributed by atoms with Crippen molar-refractivity contribution in [1.82, 2.24) is 0 Å². The molecule has 1 unspecified atom stereocenters. The molecule has 21 heavy (non-hydrogen) atoms. The lowest BCUT2D eigenvalue weighted by Crippen LogP contribution is -2.00. The molecule has 2 aromatic rings. The highest BCUT2D eigenvalue weighted by Gasteiger charge is 2.23. The van der Waals surface area contributed by atoms with Gasteiger partial charge in [-0.3, -0.25) is 0 Å². The molecule has 0 amide bonds. The van der Waals surface area contributed by atoms with Gasteiger partial charge in [0, 0.05) is 27.6 Å². The molecule has 3 nitrogen and oxygen atoms in total. The van der Waals surface area contributed by atoms with Crippen LogP contribution >= 0.6 is 23.2 Å². The monoisotopic (exact) mass is 330 g/mol. The van der Waals surface area contributed by atoms with Crippen LogP contribution in [0.25, 0.3) is 0 Å². The van der Waals surface area contributed by atoms with E-state index in [9.17, 15) is 19.7 Å². The summed E-state index contributed by atoms with van der Waals surface area (Å²) in [5.74, 6) is -2.43. The Morgan fingerprint density at radius 3 is 2.14 bits per heavy atom. The van der Waals surface area contributed by atoms with Gasteiger partial charge in [-0.2, -0.15) is 0 Å². The lowest BCUT2D eigenvalue weighted by atomic mass is 9.90. The smallest absolute Gasteiger partial charge is 0.163 e. The molecule has 0 aliphatic rings. The van der Waals surface area contributed by atoms with Crippen molar-refractivity contribution in [1.29, 1.82) is 0 Å². The predicted octanol–water partition coefficient (Wildman–Crippen LogP) is 4.71. The van der Waals surface area contributed by atoms with Crippen molar-refractivity contribution in [2.75, 3.05) is 0 Å². The van der Waals surface area contributed by atoms with Crippen LogP contribution in [0.4, 0.5) is 4.39 Å². The molecule has 112 valence electrons. The zero-order valence-corrected chi connectivity index (χ0v) is 12.8. The first-order valence-electron chi connectivity index (χ1n) is 6.12. The Labute approximate surface area is 131 Å². The van der Waals surface area contributed by atoms with Crippen LogP contribution in [0.1, 0.15) is 29.5 Å². The predicted molar refractivity (Wildman–Crippen MR) is 80.1 cm³/mol. The van der Waals surface area contributed by atoms with Crippen molar-refractivity contribution >= 4 is 23.2 Å². The summed E-state index contributed by atoms with van der Waals surface area (Å²) in [5.41, 5.74) is 0.409. The topological polar surface area (TPSA) is 60.7 Å². The second-order valence-corrected chi connectivity index (χ2v) is 5.66. The Balaban J connectivity index is 2.63. The molecular weight excluding hydrogens is 318 g/mol. The van der Waals surface area contributed by atoms with E-state index in [1.54, 1.807) is 6.92 Å².